The van der Waals surface area contributed by atoms with E-state index < -0.39 is 0 Å². The molecule has 0 amide bonds. The van der Waals surface area contributed by atoms with E-state index in [9.17, 15) is 0 Å². The summed E-state index contributed by atoms with van der Waals surface area (Å²) in [5.41, 5.74) is 10.4. The number of nitrogens with zero attached hydrogens (tertiary/aromatic N) is 1. The van der Waals surface area contributed by atoms with Crippen LogP contribution in [0, 0.1) is 5.41 Å². The third kappa shape index (κ3) is 3.50. The molecule has 1 heterocycles. The topological polar surface area (TPSA) is 29.3 Å². The fraction of sp³-hybridized carbons (Fsp3) is 0.647. The zero-order valence-corrected chi connectivity index (χ0v) is 12.7. The second-order valence-electron chi connectivity index (χ2n) is 6.56. The summed E-state index contributed by atoms with van der Waals surface area (Å²) in [5.74, 6) is 0. The van der Waals surface area contributed by atoms with E-state index in [4.69, 9.17) is 5.73 Å². The van der Waals surface area contributed by atoms with Crippen molar-refractivity contribution < 1.29 is 0 Å². The van der Waals surface area contributed by atoms with Gasteiger partial charge in [-0.1, -0.05) is 39.3 Å². The third-order valence-corrected chi connectivity index (χ3v) is 4.45. The number of anilines is 1. The average molecular weight is 260 g/mol. The highest BCUT2D eigenvalue weighted by molar-refractivity contribution is 5.55. The van der Waals surface area contributed by atoms with Gasteiger partial charge in [-0.25, -0.2) is 0 Å². The highest BCUT2D eigenvalue weighted by Gasteiger charge is 2.18. The molecule has 0 bridgehead atoms. The molecule has 0 aromatic heterocycles. The lowest BCUT2D eigenvalue weighted by Crippen LogP contribution is -2.21. The van der Waals surface area contributed by atoms with Gasteiger partial charge in [-0.15, -0.1) is 0 Å². The van der Waals surface area contributed by atoms with Crippen LogP contribution in [0.4, 0.5) is 5.69 Å². The molecule has 0 unspecified atom stereocenters. The minimum atomic E-state index is 0.376. The van der Waals surface area contributed by atoms with Gasteiger partial charge in [-0.05, 0) is 41.9 Å². The predicted octanol–water partition coefficient (Wildman–Crippen LogP) is 3.72. The van der Waals surface area contributed by atoms with E-state index in [0.29, 0.717) is 12.0 Å². The van der Waals surface area contributed by atoms with E-state index in [1.54, 1.807) is 0 Å². The highest BCUT2D eigenvalue weighted by Crippen LogP contribution is 2.30. The summed E-state index contributed by atoms with van der Waals surface area (Å²) in [6.07, 6.45) is 4.97. The SMILES string of the molecule is CCC(C)(C)Cc1ccc(N2CCCC2)c(CN)c1. The molecule has 1 aromatic rings. The molecule has 1 aliphatic heterocycles. The zero-order chi connectivity index (χ0) is 13.9. The van der Waals surface area contributed by atoms with Gasteiger partial charge in [0.2, 0.25) is 0 Å². The van der Waals surface area contributed by atoms with Crippen molar-refractivity contribution in [2.75, 3.05) is 18.0 Å². The van der Waals surface area contributed by atoms with E-state index >= 15 is 0 Å². The van der Waals surface area contributed by atoms with Gasteiger partial charge in [0.25, 0.3) is 0 Å². The maximum atomic E-state index is 5.96. The third-order valence-electron chi connectivity index (χ3n) is 4.45. The van der Waals surface area contributed by atoms with Crippen LogP contribution < -0.4 is 10.6 Å². The van der Waals surface area contributed by atoms with E-state index in [1.165, 1.54) is 49.2 Å². The molecule has 19 heavy (non-hydrogen) atoms. The fourth-order valence-electron chi connectivity index (χ4n) is 2.86. The number of nitrogens with two attached hydrogens (primary N) is 1. The molecule has 1 aliphatic rings. The van der Waals surface area contributed by atoms with E-state index in [2.05, 4.69) is 43.9 Å². The molecule has 0 radical (unpaired) electrons. The van der Waals surface area contributed by atoms with Gasteiger partial charge in [0.1, 0.15) is 0 Å². The minimum Gasteiger partial charge on any atom is -0.371 e. The number of rotatable bonds is 5. The van der Waals surface area contributed by atoms with Crippen molar-refractivity contribution in [3.05, 3.63) is 29.3 Å². The van der Waals surface area contributed by atoms with Gasteiger partial charge in [0, 0.05) is 25.3 Å². The first kappa shape index (κ1) is 14.4. The molecule has 0 atom stereocenters. The fourth-order valence-corrected chi connectivity index (χ4v) is 2.86. The molecular formula is C17H28N2. The summed E-state index contributed by atoms with van der Waals surface area (Å²) in [7, 11) is 0. The first-order valence-electron chi connectivity index (χ1n) is 7.62. The van der Waals surface area contributed by atoms with Crippen LogP contribution in [0.25, 0.3) is 0 Å². The van der Waals surface area contributed by atoms with Gasteiger partial charge in [-0.3, -0.25) is 0 Å². The van der Waals surface area contributed by atoms with Gasteiger partial charge in [0.15, 0.2) is 0 Å². The van der Waals surface area contributed by atoms with Crippen molar-refractivity contribution in [2.24, 2.45) is 11.1 Å². The van der Waals surface area contributed by atoms with Crippen LogP contribution in [-0.2, 0) is 13.0 Å². The van der Waals surface area contributed by atoms with Gasteiger partial charge >= 0.3 is 0 Å². The Bertz CT molecular complexity index is 417. The first-order valence-corrected chi connectivity index (χ1v) is 7.62. The molecule has 1 aromatic carbocycles. The Morgan fingerprint density at radius 2 is 1.89 bits per heavy atom. The average Bonchev–Trinajstić information content (AvgIpc) is 2.92. The maximum absolute atomic E-state index is 5.96. The lowest BCUT2D eigenvalue weighted by atomic mass is 9.83. The quantitative estimate of drug-likeness (QED) is 0.874. The minimum absolute atomic E-state index is 0.376. The van der Waals surface area contributed by atoms with Crippen LogP contribution in [0.2, 0.25) is 0 Å². The molecule has 2 nitrogen and oxygen atoms in total. The van der Waals surface area contributed by atoms with Gasteiger partial charge < -0.3 is 10.6 Å². The number of benzene rings is 1. The van der Waals surface area contributed by atoms with Crippen molar-refractivity contribution in [3.63, 3.8) is 0 Å². The molecular weight excluding hydrogens is 232 g/mol. The summed E-state index contributed by atoms with van der Waals surface area (Å²) in [5, 5.41) is 0. The molecule has 0 saturated carbocycles. The van der Waals surface area contributed by atoms with Crippen LogP contribution in [0.1, 0.15) is 51.2 Å². The van der Waals surface area contributed by atoms with Crippen molar-refractivity contribution >= 4 is 5.69 Å². The molecule has 0 aliphatic carbocycles. The van der Waals surface area contributed by atoms with Crippen molar-refractivity contribution in [1.82, 2.24) is 0 Å². The van der Waals surface area contributed by atoms with Crippen molar-refractivity contribution in [3.8, 4) is 0 Å². The molecule has 1 saturated heterocycles. The van der Waals surface area contributed by atoms with Crippen LogP contribution in [0.3, 0.4) is 0 Å². The Morgan fingerprint density at radius 3 is 2.47 bits per heavy atom. The summed E-state index contributed by atoms with van der Waals surface area (Å²) in [6, 6.07) is 6.91. The summed E-state index contributed by atoms with van der Waals surface area (Å²) >= 11 is 0. The smallest absolute Gasteiger partial charge is 0.0411 e. The van der Waals surface area contributed by atoms with Crippen LogP contribution in [0.5, 0.6) is 0 Å². The molecule has 2 N–H and O–H groups in total. The molecule has 2 heteroatoms. The lowest BCUT2D eigenvalue weighted by Gasteiger charge is -2.25. The normalized spacial score (nSPS) is 16.1. The Kier molecular flexibility index (Phi) is 4.51. The molecule has 106 valence electrons. The predicted molar refractivity (Wildman–Crippen MR) is 83.6 cm³/mol. The molecule has 1 fully saturated rings. The summed E-state index contributed by atoms with van der Waals surface area (Å²) < 4.78 is 0. The Hall–Kier alpha value is -1.02. The summed E-state index contributed by atoms with van der Waals surface area (Å²) in [4.78, 5) is 2.48. The second-order valence-corrected chi connectivity index (χ2v) is 6.56. The van der Waals surface area contributed by atoms with Gasteiger partial charge in [-0.2, -0.15) is 0 Å². The van der Waals surface area contributed by atoms with Crippen LogP contribution in [0.15, 0.2) is 18.2 Å². The molecule has 2 rings (SSSR count). The van der Waals surface area contributed by atoms with Crippen LogP contribution in [-0.4, -0.2) is 13.1 Å². The Labute approximate surface area is 118 Å². The number of hydrogen-bond donors (Lipinski definition) is 1. The second kappa shape index (κ2) is 5.96. The van der Waals surface area contributed by atoms with E-state index in [1.807, 2.05) is 0 Å². The number of hydrogen-bond acceptors (Lipinski definition) is 2. The van der Waals surface area contributed by atoms with Crippen molar-refractivity contribution in [1.29, 1.82) is 0 Å². The highest BCUT2D eigenvalue weighted by atomic mass is 15.1. The Morgan fingerprint density at radius 1 is 1.21 bits per heavy atom. The summed E-state index contributed by atoms with van der Waals surface area (Å²) in [6.45, 7) is 9.96. The monoisotopic (exact) mass is 260 g/mol. The van der Waals surface area contributed by atoms with E-state index in [0.717, 1.165) is 6.42 Å². The maximum Gasteiger partial charge on any atom is 0.0411 e. The van der Waals surface area contributed by atoms with E-state index in [-0.39, 0.29) is 0 Å². The lowest BCUT2D eigenvalue weighted by molar-refractivity contribution is 0.349. The van der Waals surface area contributed by atoms with Gasteiger partial charge in [0.05, 0.1) is 0 Å². The zero-order valence-electron chi connectivity index (χ0n) is 12.7. The van der Waals surface area contributed by atoms with Crippen LogP contribution >= 0.6 is 0 Å². The first-order chi connectivity index (χ1) is 9.05. The Balaban J connectivity index is 2.20. The molecule has 0 spiro atoms. The van der Waals surface area contributed by atoms with Crippen molar-refractivity contribution in [2.45, 2.75) is 53.0 Å². The largest absolute Gasteiger partial charge is 0.371 e. The standard InChI is InChI=1S/C17H28N2/c1-4-17(2,3)12-14-7-8-16(15(11-14)13-18)19-9-5-6-10-19/h7-8,11H,4-6,9-10,12-13,18H2,1-3H3.